The first-order valence-corrected chi connectivity index (χ1v) is 10.0. The van der Waals surface area contributed by atoms with Gasteiger partial charge in [-0.25, -0.2) is 17.2 Å². The van der Waals surface area contributed by atoms with E-state index in [0.717, 1.165) is 9.54 Å². The quantitative estimate of drug-likeness (QED) is 0.615. The molecule has 0 atom stereocenters. The lowest BCUT2D eigenvalue weighted by atomic mass is 10.2. The Balaban J connectivity index is 2.48. The molecule has 0 N–H and O–H groups in total. The summed E-state index contributed by atoms with van der Waals surface area (Å²) in [7, 11) is -2.72. The van der Waals surface area contributed by atoms with Gasteiger partial charge in [-0.1, -0.05) is 30.4 Å². The highest BCUT2D eigenvalue weighted by atomic mass is 32.2. The lowest BCUT2D eigenvalue weighted by molar-refractivity contribution is 0.0518. The molecule has 3 aromatic rings. The first kappa shape index (κ1) is 19.6. The zero-order valence-electron chi connectivity index (χ0n) is 15.8. The van der Waals surface area contributed by atoms with E-state index in [-0.39, 0.29) is 22.7 Å². The molecule has 0 fully saturated rings. The molecule has 2 aromatic heterocycles. The fourth-order valence-corrected chi connectivity index (χ4v) is 4.49. The third-order valence-electron chi connectivity index (χ3n) is 4.39. The number of hydrogen-bond donors (Lipinski definition) is 0. The van der Waals surface area contributed by atoms with Crippen LogP contribution >= 0.6 is 0 Å². The topological polar surface area (TPSA) is 87.4 Å². The monoisotopic (exact) mass is 400 g/mol. The van der Waals surface area contributed by atoms with E-state index in [1.807, 2.05) is 6.92 Å². The van der Waals surface area contributed by atoms with Crippen LogP contribution in [-0.2, 0) is 21.8 Å². The molecule has 1 aromatic carbocycles. The molecule has 7 nitrogen and oxygen atoms in total. The van der Waals surface area contributed by atoms with Gasteiger partial charge in [-0.3, -0.25) is 4.79 Å². The minimum absolute atomic E-state index is 0.0350. The number of esters is 1. The number of nitrogens with zero attached hydrogens (tertiary/aromatic N) is 2. The maximum atomic E-state index is 13.4. The Kier molecular flexibility index (Phi) is 4.99. The van der Waals surface area contributed by atoms with Crippen molar-refractivity contribution in [3.63, 3.8) is 0 Å². The second-order valence-corrected chi connectivity index (χ2v) is 8.09. The Morgan fingerprint density at radius 3 is 2.46 bits per heavy atom. The number of aryl methyl sites for hydroxylation is 2. The lowest BCUT2D eigenvalue weighted by Crippen LogP contribution is -2.25. The van der Waals surface area contributed by atoms with E-state index in [1.165, 1.54) is 42.1 Å². The Bertz CT molecular complexity index is 1250. The number of ether oxygens (including phenoxy) is 1. The number of hydrogen-bond acceptors (Lipinski definition) is 5. The van der Waals surface area contributed by atoms with Crippen molar-refractivity contribution >= 4 is 33.0 Å². The van der Waals surface area contributed by atoms with Gasteiger partial charge in [0, 0.05) is 18.6 Å². The number of rotatable bonds is 5. The summed E-state index contributed by atoms with van der Waals surface area (Å²) in [6.07, 6.45) is 3.04. The van der Waals surface area contributed by atoms with Gasteiger partial charge in [-0.2, -0.15) is 0 Å². The summed E-state index contributed by atoms with van der Waals surface area (Å²) in [5.74, 6) is -0.827. The lowest BCUT2D eigenvalue weighted by Gasteiger charge is -2.12. The highest BCUT2D eigenvalue weighted by molar-refractivity contribution is 7.90. The molecule has 8 heteroatoms. The van der Waals surface area contributed by atoms with Crippen LogP contribution in [0, 0.1) is 6.92 Å². The number of pyridine rings is 1. The first-order valence-electron chi connectivity index (χ1n) is 8.59. The molecule has 0 bridgehead atoms. The molecule has 28 heavy (non-hydrogen) atoms. The predicted octanol–water partition coefficient (Wildman–Crippen LogP) is 2.71. The SMILES string of the molecule is C=Cc1cn(C)c(=O)c2c1cc(C(=O)OCC)n2S(=O)(=O)c1ccc(C)cc1. The van der Waals surface area contributed by atoms with Crippen LogP contribution in [0.5, 0.6) is 0 Å². The smallest absolute Gasteiger partial charge is 0.356 e. The average Bonchev–Trinajstić information content (AvgIpc) is 3.07. The number of fused-ring (bicyclic) bond motifs is 1. The van der Waals surface area contributed by atoms with Crippen LogP contribution in [0.2, 0.25) is 0 Å². The highest BCUT2D eigenvalue weighted by Gasteiger charge is 2.29. The Hall–Kier alpha value is -3.13. The molecule has 0 aliphatic carbocycles. The van der Waals surface area contributed by atoms with Crippen molar-refractivity contribution in [3.8, 4) is 0 Å². The van der Waals surface area contributed by atoms with E-state index in [0.29, 0.717) is 10.9 Å². The summed E-state index contributed by atoms with van der Waals surface area (Å²) < 4.78 is 33.9. The zero-order valence-corrected chi connectivity index (χ0v) is 16.6. The van der Waals surface area contributed by atoms with Gasteiger partial charge in [0.1, 0.15) is 11.2 Å². The van der Waals surface area contributed by atoms with Crippen LogP contribution in [0.3, 0.4) is 0 Å². The molecule has 0 aliphatic heterocycles. The second kappa shape index (κ2) is 7.12. The van der Waals surface area contributed by atoms with E-state index >= 15 is 0 Å². The van der Waals surface area contributed by atoms with E-state index < -0.39 is 21.6 Å². The van der Waals surface area contributed by atoms with Crippen molar-refractivity contribution in [2.45, 2.75) is 18.7 Å². The highest BCUT2D eigenvalue weighted by Crippen LogP contribution is 2.27. The van der Waals surface area contributed by atoms with E-state index in [1.54, 1.807) is 19.1 Å². The summed E-state index contributed by atoms with van der Waals surface area (Å²) in [6.45, 7) is 7.23. The van der Waals surface area contributed by atoms with Crippen LogP contribution in [0.25, 0.3) is 17.0 Å². The molecule has 0 saturated heterocycles. The van der Waals surface area contributed by atoms with Crippen molar-refractivity contribution < 1.29 is 17.9 Å². The molecule has 0 aliphatic rings. The van der Waals surface area contributed by atoms with E-state index in [4.69, 9.17) is 4.74 Å². The third kappa shape index (κ3) is 3.05. The molecule has 0 radical (unpaired) electrons. The molecular formula is C20H20N2O5S. The summed E-state index contributed by atoms with van der Waals surface area (Å²) in [6, 6.07) is 7.53. The normalized spacial score (nSPS) is 11.5. The van der Waals surface area contributed by atoms with Crippen molar-refractivity contribution in [1.82, 2.24) is 8.54 Å². The average molecular weight is 400 g/mol. The number of aromatic nitrogens is 2. The van der Waals surface area contributed by atoms with Gasteiger partial charge in [-0.15, -0.1) is 0 Å². The molecule has 146 valence electrons. The largest absolute Gasteiger partial charge is 0.461 e. The summed E-state index contributed by atoms with van der Waals surface area (Å²) >= 11 is 0. The van der Waals surface area contributed by atoms with Gasteiger partial charge >= 0.3 is 5.97 Å². The number of carbonyl (C=O) groups excluding carboxylic acids is 1. The first-order chi connectivity index (χ1) is 13.2. The maximum absolute atomic E-state index is 13.4. The zero-order chi connectivity index (χ0) is 20.6. The van der Waals surface area contributed by atoms with Crippen LogP contribution in [0.1, 0.15) is 28.5 Å². The van der Waals surface area contributed by atoms with E-state index in [9.17, 15) is 18.0 Å². The summed E-state index contributed by atoms with van der Waals surface area (Å²) in [5.41, 5.74) is 0.506. The summed E-state index contributed by atoms with van der Waals surface area (Å²) in [5, 5.41) is 0.317. The minimum Gasteiger partial charge on any atom is -0.461 e. The van der Waals surface area contributed by atoms with Crippen LogP contribution in [0.4, 0.5) is 0 Å². The van der Waals surface area contributed by atoms with Crippen LogP contribution in [-0.4, -0.2) is 29.5 Å². The Labute approximate surface area is 162 Å². The van der Waals surface area contributed by atoms with Crippen molar-refractivity contribution in [2.75, 3.05) is 6.61 Å². The number of carbonyl (C=O) groups is 1. The molecule has 3 rings (SSSR count). The fraction of sp³-hybridized carbons (Fsp3) is 0.200. The molecule has 2 heterocycles. The van der Waals surface area contributed by atoms with Gasteiger partial charge in [0.05, 0.1) is 11.5 Å². The molecule has 0 saturated carbocycles. The Morgan fingerprint density at radius 1 is 1.25 bits per heavy atom. The number of benzene rings is 1. The molecule has 0 spiro atoms. The fourth-order valence-electron chi connectivity index (χ4n) is 2.99. The molecule has 0 amide bonds. The second-order valence-electron chi connectivity index (χ2n) is 6.30. The maximum Gasteiger partial charge on any atom is 0.356 e. The van der Waals surface area contributed by atoms with Gasteiger partial charge in [0.15, 0.2) is 0 Å². The van der Waals surface area contributed by atoms with Crippen molar-refractivity contribution in [1.29, 1.82) is 0 Å². The van der Waals surface area contributed by atoms with Gasteiger partial charge < -0.3 is 9.30 Å². The standard InChI is InChI=1S/C20H20N2O5S/c1-5-14-12-21(4)19(23)18-16(14)11-17(20(24)27-6-2)22(18)28(25,26)15-9-7-13(3)8-10-15/h5,7-12H,1,6H2,2-4H3. The Morgan fingerprint density at radius 2 is 1.89 bits per heavy atom. The minimum atomic E-state index is -4.23. The predicted molar refractivity (Wildman–Crippen MR) is 107 cm³/mol. The third-order valence-corrected chi connectivity index (χ3v) is 6.12. The van der Waals surface area contributed by atoms with Gasteiger partial charge in [0.25, 0.3) is 15.6 Å². The molecule has 0 unspecified atom stereocenters. The van der Waals surface area contributed by atoms with Crippen molar-refractivity contribution in [2.24, 2.45) is 7.05 Å². The van der Waals surface area contributed by atoms with Gasteiger partial charge in [-0.05, 0) is 37.6 Å². The van der Waals surface area contributed by atoms with Crippen LogP contribution < -0.4 is 5.56 Å². The van der Waals surface area contributed by atoms with E-state index in [2.05, 4.69) is 6.58 Å². The summed E-state index contributed by atoms with van der Waals surface area (Å²) in [4.78, 5) is 25.3. The molecular weight excluding hydrogens is 380 g/mol. The van der Waals surface area contributed by atoms with Gasteiger partial charge in [0.2, 0.25) is 0 Å². The van der Waals surface area contributed by atoms with Crippen LogP contribution in [0.15, 0.2) is 52.8 Å². The van der Waals surface area contributed by atoms with Crippen molar-refractivity contribution in [3.05, 3.63) is 70.3 Å².